The van der Waals surface area contributed by atoms with E-state index >= 15 is 0 Å². The number of hydrogen-bond acceptors (Lipinski definition) is 4. The van der Waals surface area contributed by atoms with Gasteiger partial charge >= 0.3 is 5.97 Å². The lowest BCUT2D eigenvalue weighted by Gasteiger charge is -2.19. The highest BCUT2D eigenvalue weighted by atomic mass is 16.6. The minimum atomic E-state index is -0.581. The van der Waals surface area contributed by atoms with Crippen LogP contribution in [0.15, 0.2) is 18.2 Å². The van der Waals surface area contributed by atoms with E-state index in [9.17, 15) is 14.4 Å². The Kier molecular flexibility index (Phi) is 4.11. The molecule has 1 aromatic carbocycles. The first-order valence-electron chi connectivity index (χ1n) is 6.93. The van der Waals surface area contributed by atoms with E-state index in [4.69, 9.17) is 4.74 Å². The molecule has 0 heterocycles. The molecule has 0 bridgehead atoms. The predicted molar refractivity (Wildman–Crippen MR) is 77.3 cm³/mol. The van der Waals surface area contributed by atoms with Crippen LogP contribution >= 0.6 is 0 Å². The molecule has 1 aliphatic rings. The number of carbonyl (C=O) groups is 3. The Morgan fingerprint density at radius 2 is 1.95 bits per heavy atom. The number of benzene rings is 1. The summed E-state index contributed by atoms with van der Waals surface area (Å²) in [5, 5.41) is 2.54. The number of ketones is 1. The van der Waals surface area contributed by atoms with E-state index in [2.05, 4.69) is 5.32 Å². The zero-order chi connectivity index (χ0) is 15.6. The monoisotopic (exact) mass is 289 g/mol. The van der Waals surface area contributed by atoms with Crippen LogP contribution in [-0.4, -0.2) is 29.8 Å². The molecule has 0 aromatic heterocycles. The minimum absolute atomic E-state index is 0.0618. The lowest BCUT2D eigenvalue weighted by Crippen LogP contribution is -2.35. The van der Waals surface area contributed by atoms with Gasteiger partial charge in [-0.1, -0.05) is 12.1 Å². The highest BCUT2D eigenvalue weighted by molar-refractivity contribution is 6.06. The van der Waals surface area contributed by atoms with Crippen molar-refractivity contribution in [3.63, 3.8) is 0 Å². The normalized spacial score (nSPS) is 13.8. The van der Waals surface area contributed by atoms with Gasteiger partial charge in [-0.15, -0.1) is 0 Å². The molecule has 2 rings (SSSR count). The number of rotatable bonds is 3. The molecule has 0 aliphatic heterocycles. The summed E-state index contributed by atoms with van der Waals surface area (Å²) >= 11 is 0. The third kappa shape index (κ3) is 3.68. The van der Waals surface area contributed by atoms with E-state index in [1.54, 1.807) is 39.0 Å². The summed E-state index contributed by atoms with van der Waals surface area (Å²) < 4.78 is 5.13. The third-order valence-corrected chi connectivity index (χ3v) is 3.14. The van der Waals surface area contributed by atoms with Gasteiger partial charge in [0.2, 0.25) is 0 Å². The van der Waals surface area contributed by atoms with Crippen molar-refractivity contribution >= 4 is 17.7 Å². The van der Waals surface area contributed by atoms with Gasteiger partial charge in [0.25, 0.3) is 5.91 Å². The second kappa shape index (κ2) is 5.68. The summed E-state index contributed by atoms with van der Waals surface area (Å²) in [4.78, 5) is 35.4. The molecule has 5 nitrogen and oxygen atoms in total. The summed E-state index contributed by atoms with van der Waals surface area (Å²) in [5.41, 5.74) is 1.26. The molecule has 0 saturated heterocycles. The number of fused-ring (bicyclic) bond motifs is 1. The van der Waals surface area contributed by atoms with E-state index in [0.717, 1.165) is 5.56 Å². The zero-order valence-electron chi connectivity index (χ0n) is 12.5. The fourth-order valence-electron chi connectivity index (χ4n) is 2.33. The van der Waals surface area contributed by atoms with E-state index in [1.165, 1.54) is 0 Å². The Hall–Kier alpha value is -2.17. The second-order valence-electron chi connectivity index (χ2n) is 6.02. The molecule has 1 amide bonds. The number of hydrogen-bond donors (Lipinski definition) is 1. The molecule has 5 heteroatoms. The molecule has 0 unspecified atom stereocenters. The average Bonchev–Trinajstić information content (AvgIpc) is 2.76. The molecule has 0 atom stereocenters. The van der Waals surface area contributed by atoms with Gasteiger partial charge in [-0.25, -0.2) is 0 Å². The van der Waals surface area contributed by atoms with Gasteiger partial charge in [0.15, 0.2) is 5.78 Å². The molecule has 0 fully saturated rings. The van der Waals surface area contributed by atoms with Crippen molar-refractivity contribution < 1.29 is 19.1 Å². The van der Waals surface area contributed by atoms with Gasteiger partial charge < -0.3 is 10.1 Å². The average molecular weight is 289 g/mol. The minimum Gasteiger partial charge on any atom is -0.459 e. The smallest absolute Gasteiger partial charge is 0.325 e. The Labute approximate surface area is 123 Å². The fourth-order valence-corrected chi connectivity index (χ4v) is 2.33. The van der Waals surface area contributed by atoms with Crippen molar-refractivity contribution in [1.82, 2.24) is 5.32 Å². The number of esters is 1. The van der Waals surface area contributed by atoms with Crippen LogP contribution in [0.25, 0.3) is 0 Å². The Morgan fingerprint density at radius 1 is 1.24 bits per heavy atom. The highest BCUT2D eigenvalue weighted by Crippen LogP contribution is 2.25. The number of carbonyl (C=O) groups excluding carboxylic acids is 3. The summed E-state index contributed by atoms with van der Waals surface area (Å²) in [7, 11) is 0. The van der Waals surface area contributed by atoms with Crippen molar-refractivity contribution in [3.8, 4) is 0 Å². The Morgan fingerprint density at radius 3 is 2.62 bits per heavy atom. The Bertz CT molecular complexity index is 599. The van der Waals surface area contributed by atoms with Gasteiger partial charge in [-0.2, -0.15) is 0 Å². The predicted octanol–water partition coefficient (Wildman–Crippen LogP) is 1.89. The van der Waals surface area contributed by atoms with Crippen LogP contribution in [0.3, 0.4) is 0 Å². The van der Waals surface area contributed by atoms with E-state index in [0.29, 0.717) is 24.0 Å². The van der Waals surface area contributed by atoms with Crippen molar-refractivity contribution in [3.05, 3.63) is 34.9 Å². The van der Waals surface area contributed by atoms with Crippen LogP contribution in [0.2, 0.25) is 0 Å². The first kappa shape index (κ1) is 15.2. The number of nitrogens with one attached hydrogen (secondary N) is 1. The molecule has 1 aromatic rings. The topological polar surface area (TPSA) is 72.5 Å². The van der Waals surface area contributed by atoms with Crippen molar-refractivity contribution in [2.24, 2.45) is 0 Å². The third-order valence-electron chi connectivity index (χ3n) is 3.14. The molecule has 0 saturated carbocycles. The zero-order valence-corrected chi connectivity index (χ0v) is 12.5. The quantitative estimate of drug-likeness (QED) is 0.862. The molecule has 21 heavy (non-hydrogen) atoms. The second-order valence-corrected chi connectivity index (χ2v) is 6.02. The van der Waals surface area contributed by atoms with Crippen LogP contribution in [-0.2, 0) is 16.0 Å². The maximum atomic E-state index is 12.2. The van der Waals surface area contributed by atoms with Crippen LogP contribution in [0, 0.1) is 0 Å². The van der Waals surface area contributed by atoms with Crippen LogP contribution in [0.5, 0.6) is 0 Å². The van der Waals surface area contributed by atoms with Crippen molar-refractivity contribution in [2.45, 2.75) is 39.2 Å². The summed E-state index contributed by atoms with van der Waals surface area (Å²) in [5.74, 6) is -0.779. The standard InChI is InChI=1S/C16H19NO4/c1-16(2,3)21-14(19)9-17-15(20)12-6-4-5-11-10(12)7-8-13(11)18/h4-6H,7-9H2,1-3H3,(H,17,20). The largest absolute Gasteiger partial charge is 0.459 e. The summed E-state index contributed by atoms with van der Waals surface area (Å²) in [6.45, 7) is 5.11. The van der Waals surface area contributed by atoms with Gasteiger partial charge in [0.1, 0.15) is 12.1 Å². The number of Topliss-reactive ketones (excluding diaryl/α,β-unsaturated/α-hetero) is 1. The molecular formula is C16H19NO4. The maximum Gasteiger partial charge on any atom is 0.325 e. The van der Waals surface area contributed by atoms with Crippen LogP contribution in [0.1, 0.15) is 53.5 Å². The highest BCUT2D eigenvalue weighted by Gasteiger charge is 2.25. The first-order valence-corrected chi connectivity index (χ1v) is 6.93. The molecule has 0 spiro atoms. The molecule has 1 N–H and O–H groups in total. The van der Waals surface area contributed by atoms with E-state index in [-0.39, 0.29) is 18.2 Å². The summed E-state index contributed by atoms with van der Waals surface area (Å²) in [6, 6.07) is 5.08. The maximum absolute atomic E-state index is 12.2. The number of amides is 1. The van der Waals surface area contributed by atoms with Crippen molar-refractivity contribution in [2.75, 3.05) is 6.54 Å². The molecule has 1 aliphatic carbocycles. The summed E-state index contributed by atoms with van der Waals surface area (Å²) in [6.07, 6.45) is 1.01. The van der Waals surface area contributed by atoms with Crippen LogP contribution in [0.4, 0.5) is 0 Å². The lowest BCUT2D eigenvalue weighted by molar-refractivity contribution is -0.153. The van der Waals surface area contributed by atoms with Crippen molar-refractivity contribution in [1.29, 1.82) is 0 Å². The SMILES string of the molecule is CC(C)(C)OC(=O)CNC(=O)c1cccc2c1CCC2=O. The van der Waals surface area contributed by atoms with Crippen LogP contribution < -0.4 is 5.32 Å². The van der Waals surface area contributed by atoms with E-state index < -0.39 is 11.6 Å². The number of ether oxygens (including phenoxy) is 1. The Balaban J connectivity index is 2.02. The van der Waals surface area contributed by atoms with Gasteiger partial charge in [-0.3, -0.25) is 14.4 Å². The van der Waals surface area contributed by atoms with Gasteiger partial charge in [-0.05, 0) is 38.8 Å². The molecule has 112 valence electrons. The molecule has 0 radical (unpaired) electrons. The van der Waals surface area contributed by atoms with Gasteiger partial charge in [0, 0.05) is 17.5 Å². The lowest BCUT2D eigenvalue weighted by atomic mass is 10.0. The first-order chi connectivity index (χ1) is 9.78. The van der Waals surface area contributed by atoms with Gasteiger partial charge in [0.05, 0.1) is 0 Å². The van der Waals surface area contributed by atoms with E-state index in [1.807, 2.05) is 0 Å². The molecular weight excluding hydrogens is 270 g/mol. The fraction of sp³-hybridized carbons (Fsp3) is 0.438.